The predicted molar refractivity (Wildman–Crippen MR) is 103 cm³/mol. The number of nitrogens with one attached hydrogen (secondary N) is 1. The molecule has 1 aliphatic carbocycles. The molecule has 2 amide bonds. The van der Waals surface area contributed by atoms with Crippen LogP contribution in [0.3, 0.4) is 0 Å². The van der Waals surface area contributed by atoms with E-state index >= 15 is 0 Å². The van der Waals surface area contributed by atoms with Crippen LogP contribution < -0.4 is 5.32 Å². The fourth-order valence-electron chi connectivity index (χ4n) is 4.12. The third-order valence-electron chi connectivity index (χ3n) is 5.60. The van der Waals surface area contributed by atoms with Gasteiger partial charge in [0, 0.05) is 25.0 Å². The van der Waals surface area contributed by atoms with Crippen molar-refractivity contribution in [2.24, 2.45) is 0 Å². The summed E-state index contributed by atoms with van der Waals surface area (Å²) in [6.07, 6.45) is 11.7. The van der Waals surface area contributed by atoms with Crippen LogP contribution in [0.1, 0.15) is 69.9 Å². The van der Waals surface area contributed by atoms with Crippen molar-refractivity contribution >= 4 is 11.8 Å². The van der Waals surface area contributed by atoms with Crippen molar-refractivity contribution in [3.63, 3.8) is 0 Å². The Balaban J connectivity index is 1.82. The quantitative estimate of drug-likeness (QED) is 0.778. The van der Waals surface area contributed by atoms with Crippen molar-refractivity contribution < 1.29 is 14.3 Å². The van der Waals surface area contributed by atoms with Crippen LogP contribution in [0.4, 0.5) is 0 Å². The standard InChI is InChI=1S/C21H31N3O3/c1-2-3-13-24(17-10-6-4-5-7-11-17)21(26)20-19(23-18(25)15-27-20)16-9-8-12-22-14-16/h8-9,12,14,17,19-20H,2-7,10-11,13,15H2,1H3,(H,23,25)/t19-,20+/m1/s1. The molecule has 3 rings (SSSR count). The highest BCUT2D eigenvalue weighted by molar-refractivity contribution is 5.86. The van der Waals surface area contributed by atoms with Gasteiger partial charge in [-0.3, -0.25) is 14.6 Å². The van der Waals surface area contributed by atoms with Crippen molar-refractivity contribution in [2.45, 2.75) is 76.5 Å². The third-order valence-corrected chi connectivity index (χ3v) is 5.60. The number of amides is 2. The van der Waals surface area contributed by atoms with Crippen molar-refractivity contribution in [1.29, 1.82) is 0 Å². The second-order valence-electron chi connectivity index (χ2n) is 7.59. The van der Waals surface area contributed by atoms with Gasteiger partial charge in [0.25, 0.3) is 5.91 Å². The van der Waals surface area contributed by atoms with Gasteiger partial charge in [0.2, 0.25) is 5.91 Å². The predicted octanol–water partition coefficient (Wildman–Crippen LogP) is 2.99. The molecule has 0 bridgehead atoms. The van der Waals surface area contributed by atoms with Gasteiger partial charge in [-0.05, 0) is 30.9 Å². The van der Waals surface area contributed by atoms with E-state index in [0.29, 0.717) is 0 Å². The number of hydrogen-bond acceptors (Lipinski definition) is 4. The molecule has 1 aromatic heterocycles. The fraction of sp³-hybridized carbons (Fsp3) is 0.667. The lowest BCUT2D eigenvalue weighted by Crippen LogP contribution is -2.55. The largest absolute Gasteiger partial charge is 0.356 e. The molecule has 0 spiro atoms. The van der Waals surface area contributed by atoms with E-state index in [2.05, 4.69) is 17.2 Å². The number of aromatic nitrogens is 1. The number of carbonyl (C=O) groups is 2. The molecular formula is C21H31N3O3. The Kier molecular flexibility index (Phi) is 7.21. The van der Waals surface area contributed by atoms with Crippen LogP contribution >= 0.6 is 0 Å². The first kappa shape index (κ1) is 19.8. The number of pyridine rings is 1. The molecule has 148 valence electrons. The zero-order chi connectivity index (χ0) is 19.1. The lowest BCUT2D eigenvalue weighted by molar-refractivity contribution is -0.157. The Bertz CT molecular complexity index is 614. The molecule has 1 N–H and O–H groups in total. The van der Waals surface area contributed by atoms with Crippen molar-refractivity contribution in [3.8, 4) is 0 Å². The van der Waals surface area contributed by atoms with Gasteiger partial charge in [-0.15, -0.1) is 0 Å². The van der Waals surface area contributed by atoms with Crippen LogP contribution in [-0.4, -0.2) is 47.0 Å². The summed E-state index contributed by atoms with van der Waals surface area (Å²) in [7, 11) is 0. The lowest BCUT2D eigenvalue weighted by atomic mass is 9.98. The van der Waals surface area contributed by atoms with Gasteiger partial charge in [-0.2, -0.15) is 0 Å². The molecule has 2 fully saturated rings. The highest BCUT2D eigenvalue weighted by atomic mass is 16.5. The van der Waals surface area contributed by atoms with E-state index in [4.69, 9.17) is 4.74 Å². The summed E-state index contributed by atoms with van der Waals surface area (Å²) in [6.45, 7) is 2.83. The van der Waals surface area contributed by atoms with E-state index in [-0.39, 0.29) is 24.5 Å². The van der Waals surface area contributed by atoms with Gasteiger partial charge in [-0.1, -0.05) is 45.1 Å². The second kappa shape index (κ2) is 9.83. The van der Waals surface area contributed by atoms with Crippen LogP contribution in [0.5, 0.6) is 0 Å². The minimum atomic E-state index is -0.688. The van der Waals surface area contributed by atoms with Crippen LogP contribution in [0.25, 0.3) is 0 Å². The molecule has 0 radical (unpaired) electrons. The summed E-state index contributed by atoms with van der Waals surface area (Å²) in [4.78, 5) is 31.6. The summed E-state index contributed by atoms with van der Waals surface area (Å²) in [5.41, 5.74) is 0.806. The van der Waals surface area contributed by atoms with Crippen LogP contribution in [0.15, 0.2) is 24.5 Å². The minimum absolute atomic E-state index is 0.00389. The number of nitrogens with zero attached hydrogens (tertiary/aromatic N) is 2. The van der Waals surface area contributed by atoms with Gasteiger partial charge >= 0.3 is 0 Å². The minimum Gasteiger partial charge on any atom is -0.356 e. The van der Waals surface area contributed by atoms with E-state index < -0.39 is 12.1 Å². The summed E-state index contributed by atoms with van der Waals surface area (Å²) in [5, 5.41) is 2.94. The Morgan fingerprint density at radius 2 is 2.07 bits per heavy atom. The van der Waals surface area contributed by atoms with E-state index in [0.717, 1.165) is 37.8 Å². The molecule has 2 aliphatic rings. The summed E-state index contributed by atoms with van der Waals surface area (Å²) in [5.74, 6) is -0.188. The molecular weight excluding hydrogens is 342 g/mol. The molecule has 2 atom stereocenters. The zero-order valence-corrected chi connectivity index (χ0v) is 16.2. The fourth-order valence-corrected chi connectivity index (χ4v) is 4.12. The molecule has 6 heteroatoms. The molecule has 1 saturated heterocycles. The van der Waals surface area contributed by atoms with Crippen LogP contribution in [0, 0.1) is 0 Å². The zero-order valence-electron chi connectivity index (χ0n) is 16.2. The first-order valence-electron chi connectivity index (χ1n) is 10.3. The van der Waals surface area contributed by atoms with Crippen molar-refractivity contribution in [3.05, 3.63) is 30.1 Å². The number of unbranched alkanes of at least 4 members (excludes halogenated alkanes) is 1. The number of hydrogen-bond donors (Lipinski definition) is 1. The van der Waals surface area contributed by atoms with Gasteiger partial charge in [-0.25, -0.2) is 0 Å². The molecule has 0 aromatic carbocycles. The molecule has 0 unspecified atom stereocenters. The molecule has 1 aliphatic heterocycles. The number of rotatable bonds is 6. The van der Waals surface area contributed by atoms with E-state index in [1.165, 1.54) is 25.7 Å². The van der Waals surface area contributed by atoms with Gasteiger partial charge in [0.15, 0.2) is 6.10 Å². The normalized spacial score (nSPS) is 24.1. The Morgan fingerprint density at radius 1 is 1.30 bits per heavy atom. The van der Waals surface area contributed by atoms with Gasteiger partial charge < -0.3 is 15.0 Å². The number of carbonyl (C=O) groups excluding carboxylic acids is 2. The highest BCUT2D eigenvalue weighted by Gasteiger charge is 2.40. The van der Waals surface area contributed by atoms with E-state index in [9.17, 15) is 9.59 Å². The van der Waals surface area contributed by atoms with Crippen LogP contribution in [0.2, 0.25) is 0 Å². The maximum Gasteiger partial charge on any atom is 0.254 e. The Labute approximate surface area is 161 Å². The average Bonchev–Trinajstić information content (AvgIpc) is 2.98. The third kappa shape index (κ3) is 5.06. The maximum absolute atomic E-state index is 13.5. The van der Waals surface area contributed by atoms with Gasteiger partial charge in [0.05, 0.1) is 6.04 Å². The molecule has 6 nitrogen and oxygen atoms in total. The van der Waals surface area contributed by atoms with Crippen molar-refractivity contribution in [2.75, 3.05) is 13.2 Å². The molecule has 27 heavy (non-hydrogen) atoms. The SMILES string of the molecule is CCCCN(C(=O)[C@H]1OCC(=O)N[C@@H]1c1cccnc1)C1CCCCCC1. The topological polar surface area (TPSA) is 71.5 Å². The smallest absolute Gasteiger partial charge is 0.254 e. The molecule has 1 saturated carbocycles. The average molecular weight is 373 g/mol. The summed E-state index contributed by atoms with van der Waals surface area (Å²) >= 11 is 0. The first-order chi connectivity index (χ1) is 13.2. The van der Waals surface area contributed by atoms with E-state index in [1.807, 2.05) is 17.0 Å². The van der Waals surface area contributed by atoms with Gasteiger partial charge in [0.1, 0.15) is 6.61 Å². The molecule has 2 heterocycles. The summed E-state index contributed by atoms with van der Waals surface area (Å²) in [6, 6.07) is 3.50. The summed E-state index contributed by atoms with van der Waals surface area (Å²) < 4.78 is 5.77. The molecule has 1 aromatic rings. The number of ether oxygens (including phenoxy) is 1. The highest BCUT2D eigenvalue weighted by Crippen LogP contribution is 2.28. The Morgan fingerprint density at radius 3 is 2.74 bits per heavy atom. The lowest BCUT2D eigenvalue weighted by Gasteiger charge is -2.38. The maximum atomic E-state index is 13.5. The second-order valence-corrected chi connectivity index (χ2v) is 7.59. The first-order valence-corrected chi connectivity index (χ1v) is 10.3. The monoisotopic (exact) mass is 373 g/mol. The van der Waals surface area contributed by atoms with Crippen molar-refractivity contribution in [1.82, 2.24) is 15.2 Å². The number of morpholine rings is 1. The van der Waals surface area contributed by atoms with E-state index in [1.54, 1.807) is 12.4 Å². The Hall–Kier alpha value is -1.95. The van der Waals surface area contributed by atoms with Crippen LogP contribution in [-0.2, 0) is 14.3 Å².